The second-order valence-corrected chi connectivity index (χ2v) is 4.54. The van der Waals surface area contributed by atoms with Crippen molar-refractivity contribution in [2.24, 2.45) is 0 Å². The van der Waals surface area contributed by atoms with Crippen LogP contribution in [0.15, 0.2) is 39.5 Å². The number of benzene rings is 2. The van der Waals surface area contributed by atoms with Gasteiger partial charge in [0.1, 0.15) is 10.8 Å². The quantitative estimate of drug-likeness (QED) is 0.496. The molecule has 18 heavy (non-hydrogen) atoms. The highest BCUT2D eigenvalue weighted by Gasteiger charge is 2.14. The summed E-state index contributed by atoms with van der Waals surface area (Å²) in [5.74, 6) is -0.0832. The topological polar surface area (TPSA) is 50.4 Å². The maximum Gasteiger partial charge on any atom is 0.344 e. The van der Waals surface area contributed by atoms with Gasteiger partial charge in [-0.05, 0) is 24.6 Å². The average molecular weight is 261 g/mol. The van der Waals surface area contributed by atoms with Crippen LogP contribution < -0.4 is 5.63 Å². The van der Waals surface area contributed by atoms with Gasteiger partial charge in [-0.2, -0.15) is 0 Å². The molecule has 0 spiro atoms. The van der Waals surface area contributed by atoms with Crippen LogP contribution in [-0.4, -0.2) is 5.11 Å². The van der Waals surface area contributed by atoms with Crippen molar-refractivity contribution in [3.63, 3.8) is 0 Å². The first kappa shape index (κ1) is 11.1. The van der Waals surface area contributed by atoms with Gasteiger partial charge in [0.05, 0.1) is 5.39 Å². The van der Waals surface area contributed by atoms with E-state index < -0.39 is 5.63 Å². The first-order valence-corrected chi connectivity index (χ1v) is 5.81. The predicted molar refractivity (Wildman–Crippen MR) is 71.4 cm³/mol. The van der Waals surface area contributed by atoms with E-state index in [1.165, 1.54) is 0 Å². The van der Waals surface area contributed by atoms with Gasteiger partial charge in [0.25, 0.3) is 0 Å². The summed E-state index contributed by atoms with van der Waals surface area (Å²) in [4.78, 5) is 11.9. The van der Waals surface area contributed by atoms with E-state index in [4.69, 9.17) is 16.0 Å². The number of phenols is 1. The molecule has 0 amide bonds. The van der Waals surface area contributed by atoms with E-state index in [-0.39, 0.29) is 16.4 Å². The summed E-state index contributed by atoms with van der Waals surface area (Å²) < 4.78 is 5.22. The Bertz CT molecular complexity index is 834. The number of phenolic OH excluding ortho intramolecular Hbond substituents is 1. The Morgan fingerprint density at radius 3 is 2.61 bits per heavy atom. The number of halogens is 1. The molecule has 0 aliphatic heterocycles. The number of aryl methyl sites for hydroxylation is 1. The third-order valence-electron chi connectivity index (χ3n) is 3.01. The SMILES string of the molecule is Cc1cc(O)c(Cl)c2oc(=O)c3ccccc3c12. The average Bonchev–Trinajstić information content (AvgIpc) is 2.36. The molecule has 90 valence electrons. The minimum atomic E-state index is -0.454. The Morgan fingerprint density at radius 2 is 1.89 bits per heavy atom. The number of hydrogen-bond donors (Lipinski definition) is 1. The Balaban J connectivity index is 2.72. The fourth-order valence-electron chi connectivity index (χ4n) is 2.20. The van der Waals surface area contributed by atoms with Crippen molar-refractivity contribution in [2.75, 3.05) is 0 Å². The van der Waals surface area contributed by atoms with E-state index in [1.807, 2.05) is 19.1 Å². The summed E-state index contributed by atoms with van der Waals surface area (Å²) in [5, 5.41) is 11.8. The molecule has 0 saturated heterocycles. The minimum absolute atomic E-state index is 0.0680. The van der Waals surface area contributed by atoms with Gasteiger partial charge in [-0.3, -0.25) is 0 Å². The lowest BCUT2D eigenvalue weighted by Gasteiger charge is -2.08. The van der Waals surface area contributed by atoms with Gasteiger partial charge in [0.2, 0.25) is 0 Å². The fourth-order valence-corrected chi connectivity index (χ4v) is 2.39. The van der Waals surface area contributed by atoms with Gasteiger partial charge in [0, 0.05) is 10.8 Å². The maximum absolute atomic E-state index is 11.9. The largest absolute Gasteiger partial charge is 0.506 e. The highest BCUT2D eigenvalue weighted by atomic mass is 35.5. The first-order chi connectivity index (χ1) is 8.59. The summed E-state index contributed by atoms with van der Waals surface area (Å²) in [6, 6.07) is 8.75. The van der Waals surface area contributed by atoms with Gasteiger partial charge < -0.3 is 9.52 Å². The van der Waals surface area contributed by atoms with E-state index in [2.05, 4.69) is 0 Å². The number of fused-ring (bicyclic) bond motifs is 3. The molecule has 0 atom stereocenters. The van der Waals surface area contributed by atoms with Gasteiger partial charge >= 0.3 is 5.63 Å². The molecule has 0 unspecified atom stereocenters. The summed E-state index contributed by atoms with van der Waals surface area (Å²) in [6.45, 7) is 1.84. The molecule has 3 aromatic rings. The zero-order valence-electron chi connectivity index (χ0n) is 9.53. The van der Waals surface area contributed by atoms with Crippen LogP contribution in [0.4, 0.5) is 0 Å². The summed E-state index contributed by atoms with van der Waals surface area (Å²) in [7, 11) is 0. The van der Waals surface area contributed by atoms with Gasteiger partial charge in [-0.1, -0.05) is 29.8 Å². The summed E-state index contributed by atoms with van der Waals surface area (Å²) >= 11 is 5.99. The second kappa shape index (κ2) is 3.75. The van der Waals surface area contributed by atoms with Gasteiger partial charge in [-0.25, -0.2) is 4.79 Å². The molecule has 4 heteroatoms. The third-order valence-corrected chi connectivity index (χ3v) is 3.38. The van der Waals surface area contributed by atoms with Crippen LogP contribution in [0.25, 0.3) is 21.7 Å². The van der Waals surface area contributed by atoms with E-state index >= 15 is 0 Å². The maximum atomic E-state index is 11.9. The summed E-state index contributed by atoms with van der Waals surface area (Å²) in [5.41, 5.74) is 0.592. The highest BCUT2D eigenvalue weighted by Crippen LogP contribution is 2.36. The third kappa shape index (κ3) is 1.41. The number of aromatic hydroxyl groups is 1. The second-order valence-electron chi connectivity index (χ2n) is 4.17. The molecule has 1 aromatic heterocycles. The fraction of sp³-hybridized carbons (Fsp3) is 0.0714. The van der Waals surface area contributed by atoms with E-state index in [0.717, 1.165) is 16.3 Å². The van der Waals surface area contributed by atoms with Crippen molar-refractivity contribution >= 4 is 33.3 Å². The molecular formula is C14H9ClO3. The van der Waals surface area contributed by atoms with E-state index in [0.29, 0.717) is 5.39 Å². The van der Waals surface area contributed by atoms with Crippen LogP contribution in [0.2, 0.25) is 5.02 Å². The normalized spacial score (nSPS) is 11.2. The first-order valence-electron chi connectivity index (χ1n) is 5.43. The van der Waals surface area contributed by atoms with Crippen LogP contribution in [0.5, 0.6) is 5.75 Å². The minimum Gasteiger partial charge on any atom is -0.506 e. The van der Waals surface area contributed by atoms with Gasteiger partial charge in [0.15, 0.2) is 5.58 Å². The Kier molecular flexibility index (Phi) is 2.31. The molecule has 0 saturated carbocycles. The van der Waals surface area contributed by atoms with Crippen molar-refractivity contribution in [3.05, 3.63) is 51.3 Å². The molecule has 0 fully saturated rings. The van der Waals surface area contributed by atoms with E-state index in [1.54, 1.807) is 18.2 Å². The number of rotatable bonds is 0. The zero-order valence-corrected chi connectivity index (χ0v) is 10.3. The lowest BCUT2D eigenvalue weighted by atomic mass is 10.0. The smallest absolute Gasteiger partial charge is 0.344 e. The Hall–Kier alpha value is -2.00. The molecule has 1 N–H and O–H groups in total. The monoisotopic (exact) mass is 260 g/mol. The van der Waals surface area contributed by atoms with Crippen molar-refractivity contribution < 1.29 is 9.52 Å². The van der Waals surface area contributed by atoms with Crippen LogP contribution in [0.3, 0.4) is 0 Å². The lowest BCUT2D eigenvalue weighted by molar-refractivity contribution is 0.473. The number of hydrogen-bond acceptors (Lipinski definition) is 3. The molecule has 0 radical (unpaired) electrons. The van der Waals surface area contributed by atoms with Crippen LogP contribution in [0.1, 0.15) is 5.56 Å². The Morgan fingerprint density at radius 1 is 1.22 bits per heavy atom. The van der Waals surface area contributed by atoms with Gasteiger partial charge in [-0.15, -0.1) is 0 Å². The molecule has 1 heterocycles. The zero-order chi connectivity index (χ0) is 12.9. The molecule has 2 aromatic carbocycles. The highest BCUT2D eigenvalue weighted by molar-refractivity contribution is 6.37. The standard InChI is InChI=1S/C14H9ClO3/c1-7-6-10(16)12(15)13-11(7)8-4-2-3-5-9(8)14(17)18-13/h2-6,16H,1H3. The van der Waals surface area contributed by atoms with Crippen molar-refractivity contribution in [2.45, 2.75) is 6.92 Å². The summed E-state index contributed by atoms with van der Waals surface area (Å²) in [6.07, 6.45) is 0. The van der Waals surface area contributed by atoms with Crippen LogP contribution >= 0.6 is 11.6 Å². The molecule has 0 aliphatic rings. The van der Waals surface area contributed by atoms with Crippen LogP contribution in [-0.2, 0) is 0 Å². The molecular weight excluding hydrogens is 252 g/mol. The molecule has 0 aliphatic carbocycles. The molecule has 0 bridgehead atoms. The van der Waals surface area contributed by atoms with Crippen molar-refractivity contribution in [1.29, 1.82) is 0 Å². The van der Waals surface area contributed by atoms with Crippen molar-refractivity contribution in [1.82, 2.24) is 0 Å². The van der Waals surface area contributed by atoms with E-state index in [9.17, 15) is 9.90 Å². The van der Waals surface area contributed by atoms with Crippen molar-refractivity contribution in [3.8, 4) is 5.75 Å². The molecule has 3 rings (SSSR count). The Labute approximate surface area is 107 Å². The van der Waals surface area contributed by atoms with Crippen LogP contribution in [0, 0.1) is 6.92 Å². The predicted octanol–water partition coefficient (Wildman–Crippen LogP) is 3.61. The molecule has 3 nitrogen and oxygen atoms in total. The lowest BCUT2D eigenvalue weighted by Crippen LogP contribution is -2.00.